The number of hydrogen-bond acceptors (Lipinski definition) is 6. The average molecular weight is 477 g/mol. The molecule has 3 aromatic carbocycles. The second-order valence-electron chi connectivity index (χ2n) is 6.88. The number of benzene rings is 3. The lowest BCUT2D eigenvalue weighted by Crippen LogP contribution is -2.48. The number of hydrogen-bond donors (Lipinski definition) is 3. The molecule has 0 atom stereocenters. The highest BCUT2D eigenvalue weighted by Crippen LogP contribution is 2.15. The smallest absolute Gasteiger partial charge is 0.270 e. The van der Waals surface area contributed by atoms with E-state index in [9.17, 15) is 19.7 Å². The number of ether oxygens (including phenoxy) is 1. The first-order chi connectivity index (χ1) is 16.4. The van der Waals surface area contributed by atoms with Gasteiger partial charge in [-0.15, -0.1) is 0 Å². The van der Waals surface area contributed by atoms with E-state index in [1.807, 2.05) is 30.3 Å². The van der Waals surface area contributed by atoms with Crippen LogP contribution in [0, 0.1) is 10.1 Å². The van der Waals surface area contributed by atoms with Crippen molar-refractivity contribution in [3.05, 3.63) is 112 Å². The SMILES string of the molecule is O=C(/C=C/c1cccc([N+](=O)[O-])c1)NC(=S)NNC(=O)c1ccc(OCc2ccccc2)cc1. The fourth-order valence-corrected chi connectivity index (χ4v) is 2.88. The summed E-state index contributed by atoms with van der Waals surface area (Å²) in [6.07, 6.45) is 2.58. The van der Waals surface area contributed by atoms with Crippen molar-refractivity contribution >= 4 is 40.9 Å². The zero-order chi connectivity index (χ0) is 24.3. The number of nitro groups is 1. The number of nitrogens with one attached hydrogen (secondary N) is 3. The Morgan fingerprint density at radius 3 is 2.41 bits per heavy atom. The first-order valence-corrected chi connectivity index (χ1v) is 10.4. The Kier molecular flexibility index (Phi) is 8.42. The van der Waals surface area contributed by atoms with Gasteiger partial charge in [-0.05, 0) is 53.7 Å². The zero-order valence-corrected chi connectivity index (χ0v) is 18.6. The Morgan fingerprint density at radius 1 is 0.971 bits per heavy atom. The molecule has 0 bridgehead atoms. The Labute approximate surface area is 200 Å². The molecule has 0 aromatic heterocycles. The number of nitro benzene ring substituents is 1. The monoisotopic (exact) mass is 476 g/mol. The van der Waals surface area contributed by atoms with Crippen LogP contribution >= 0.6 is 12.2 Å². The summed E-state index contributed by atoms with van der Waals surface area (Å²) in [6, 6.07) is 22.1. The number of hydrazine groups is 1. The van der Waals surface area contributed by atoms with Gasteiger partial charge in [0.25, 0.3) is 11.6 Å². The van der Waals surface area contributed by atoms with E-state index >= 15 is 0 Å². The minimum absolute atomic E-state index is 0.0850. The van der Waals surface area contributed by atoms with Gasteiger partial charge in [0.1, 0.15) is 12.4 Å². The molecule has 0 aliphatic heterocycles. The summed E-state index contributed by atoms with van der Waals surface area (Å²) in [7, 11) is 0. The summed E-state index contributed by atoms with van der Waals surface area (Å²) < 4.78 is 5.69. The maximum atomic E-state index is 12.3. The van der Waals surface area contributed by atoms with Crippen molar-refractivity contribution in [3.8, 4) is 5.75 Å². The highest BCUT2D eigenvalue weighted by Gasteiger charge is 2.08. The van der Waals surface area contributed by atoms with Crippen LogP contribution in [0.2, 0.25) is 0 Å². The van der Waals surface area contributed by atoms with E-state index in [0.29, 0.717) is 23.5 Å². The maximum Gasteiger partial charge on any atom is 0.270 e. The van der Waals surface area contributed by atoms with Gasteiger partial charge >= 0.3 is 0 Å². The van der Waals surface area contributed by atoms with Crippen LogP contribution < -0.4 is 20.9 Å². The molecule has 0 heterocycles. The average Bonchev–Trinajstić information content (AvgIpc) is 2.86. The molecule has 172 valence electrons. The van der Waals surface area contributed by atoms with E-state index < -0.39 is 16.7 Å². The number of carbonyl (C=O) groups is 2. The Morgan fingerprint density at radius 2 is 1.71 bits per heavy atom. The highest BCUT2D eigenvalue weighted by molar-refractivity contribution is 7.80. The molecule has 0 saturated heterocycles. The summed E-state index contributed by atoms with van der Waals surface area (Å²) in [5.41, 5.74) is 6.62. The Hall–Kier alpha value is -4.57. The topological polar surface area (TPSA) is 123 Å². The van der Waals surface area contributed by atoms with Crippen molar-refractivity contribution in [2.24, 2.45) is 0 Å². The lowest BCUT2D eigenvalue weighted by Gasteiger charge is -2.10. The van der Waals surface area contributed by atoms with Crippen LogP contribution in [-0.4, -0.2) is 21.9 Å². The van der Waals surface area contributed by atoms with E-state index in [4.69, 9.17) is 17.0 Å². The van der Waals surface area contributed by atoms with Crippen molar-refractivity contribution in [1.82, 2.24) is 16.2 Å². The van der Waals surface area contributed by atoms with E-state index in [-0.39, 0.29) is 10.8 Å². The number of carbonyl (C=O) groups excluding carboxylic acids is 2. The van der Waals surface area contributed by atoms with Gasteiger partial charge in [-0.3, -0.25) is 35.9 Å². The Bertz CT molecular complexity index is 1210. The normalized spacial score (nSPS) is 10.4. The largest absolute Gasteiger partial charge is 0.489 e. The van der Waals surface area contributed by atoms with Crippen molar-refractivity contribution < 1.29 is 19.2 Å². The molecule has 9 nitrogen and oxygen atoms in total. The summed E-state index contributed by atoms with van der Waals surface area (Å²) >= 11 is 4.99. The van der Waals surface area contributed by atoms with Crippen molar-refractivity contribution in [2.75, 3.05) is 0 Å². The molecular formula is C24H20N4O5S. The molecule has 10 heteroatoms. The van der Waals surface area contributed by atoms with Gasteiger partial charge in [0.15, 0.2) is 5.11 Å². The molecular weight excluding hydrogens is 456 g/mol. The fourth-order valence-electron chi connectivity index (χ4n) is 2.73. The van der Waals surface area contributed by atoms with Gasteiger partial charge in [-0.2, -0.15) is 0 Å². The number of non-ortho nitro benzene ring substituents is 1. The molecule has 3 aromatic rings. The summed E-state index contributed by atoms with van der Waals surface area (Å²) in [6.45, 7) is 0.414. The Balaban J connectivity index is 1.43. The molecule has 34 heavy (non-hydrogen) atoms. The van der Waals surface area contributed by atoms with E-state index in [0.717, 1.165) is 5.56 Å². The van der Waals surface area contributed by atoms with Gasteiger partial charge in [-0.25, -0.2) is 0 Å². The molecule has 3 N–H and O–H groups in total. The van der Waals surface area contributed by atoms with E-state index in [1.165, 1.54) is 30.4 Å². The van der Waals surface area contributed by atoms with Crippen LogP contribution in [0.15, 0.2) is 84.9 Å². The van der Waals surface area contributed by atoms with Crippen LogP contribution in [0.4, 0.5) is 5.69 Å². The molecule has 2 amide bonds. The van der Waals surface area contributed by atoms with Crippen LogP contribution in [0.3, 0.4) is 0 Å². The van der Waals surface area contributed by atoms with Crippen molar-refractivity contribution in [3.63, 3.8) is 0 Å². The number of amides is 2. The second kappa shape index (κ2) is 11.9. The van der Waals surface area contributed by atoms with Gasteiger partial charge in [-0.1, -0.05) is 42.5 Å². The number of thiocarbonyl (C=S) groups is 1. The third-order valence-corrected chi connectivity index (χ3v) is 4.60. The lowest BCUT2D eigenvalue weighted by atomic mass is 10.2. The van der Waals surface area contributed by atoms with E-state index in [1.54, 1.807) is 30.3 Å². The van der Waals surface area contributed by atoms with Gasteiger partial charge in [0, 0.05) is 23.8 Å². The third kappa shape index (κ3) is 7.53. The minimum Gasteiger partial charge on any atom is -0.489 e. The standard InChI is InChI=1S/C24H20N4O5S/c29-22(14-9-17-7-4-8-20(15-17)28(31)32)25-24(34)27-26-23(30)19-10-12-21(13-11-19)33-16-18-5-2-1-3-6-18/h1-15H,16H2,(H,26,30)(H2,25,27,29,34)/b14-9+. The predicted molar refractivity (Wildman–Crippen MR) is 131 cm³/mol. The van der Waals surface area contributed by atoms with Crippen molar-refractivity contribution in [1.29, 1.82) is 0 Å². The van der Waals surface area contributed by atoms with Crippen molar-refractivity contribution in [2.45, 2.75) is 6.61 Å². The van der Waals surface area contributed by atoms with Crippen LogP contribution in [0.1, 0.15) is 21.5 Å². The second-order valence-corrected chi connectivity index (χ2v) is 7.29. The number of nitrogens with zero attached hydrogens (tertiary/aromatic N) is 1. The summed E-state index contributed by atoms with van der Waals surface area (Å²) in [5.74, 6) is -0.414. The summed E-state index contributed by atoms with van der Waals surface area (Å²) in [5, 5.41) is 13.0. The molecule has 0 radical (unpaired) electrons. The predicted octanol–water partition coefficient (Wildman–Crippen LogP) is 3.52. The van der Waals surface area contributed by atoms with Crippen LogP contribution in [0.25, 0.3) is 6.08 Å². The third-order valence-electron chi connectivity index (χ3n) is 4.40. The first-order valence-electron chi connectivity index (χ1n) is 10.0. The first kappa shape index (κ1) is 24.1. The molecule has 0 spiro atoms. The minimum atomic E-state index is -0.571. The molecule has 3 rings (SSSR count). The summed E-state index contributed by atoms with van der Waals surface area (Å²) in [4.78, 5) is 34.5. The molecule has 0 fully saturated rings. The quantitative estimate of drug-likeness (QED) is 0.206. The fraction of sp³-hybridized carbons (Fsp3) is 0.0417. The molecule has 0 saturated carbocycles. The lowest BCUT2D eigenvalue weighted by molar-refractivity contribution is -0.384. The van der Waals surface area contributed by atoms with Crippen LogP contribution in [-0.2, 0) is 11.4 Å². The molecule has 0 aliphatic rings. The van der Waals surface area contributed by atoms with Gasteiger partial charge < -0.3 is 4.74 Å². The zero-order valence-electron chi connectivity index (χ0n) is 17.8. The molecule has 0 aliphatic carbocycles. The highest BCUT2D eigenvalue weighted by atomic mass is 32.1. The van der Waals surface area contributed by atoms with Crippen LogP contribution in [0.5, 0.6) is 5.75 Å². The maximum absolute atomic E-state index is 12.3. The van der Waals surface area contributed by atoms with Gasteiger partial charge in [0.2, 0.25) is 5.91 Å². The van der Waals surface area contributed by atoms with Gasteiger partial charge in [0.05, 0.1) is 4.92 Å². The molecule has 0 unspecified atom stereocenters. The van der Waals surface area contributed by atoms with E-state index in [2.05, 4.69) is 16.2 Å². The number of rotatable bonds is 7.